The van der Waals surface area contributed by atoms with Gasteiger partial charge in [-0.05, 0) is 38.0 Å². The summed E-state index contributed by atoms with van der Waals surface area (Å²) in [5.74, 6) is 0.0652. The first kappa shape index (κ1) is 17.5. The van der Waals surface area contributed by atoms with E-state index in [1.165, 1.54) is 0 Å². The van der Waals surface area contributed by atoms with Gasteiger partial charge in [0, 0.05) is 25.1 Å². The van der Waals surface area contributed by atoms with Gasteiger partial charge in [0.05, 0.1) is 10.7 Å². The van der Waals surface area contributed by atoms with E-state index in [0.29, 0.717) is 22.7 Å². The lowest BCUT2D eigenvalue weighted by Gasteiger charge is -2.22. The molecule has 0 saturated carbocycles. The molecule has 116 valence electrons. The first-order valence-corrected chi connectivity index (χ1v) is 7.46. The van der Waals surface area contributed by atoms with Crippen LogP contribution in [0.4, 0.5) is 5.69 Å². The van der Waals surface area contributed by atoms with E-state index in [1.807, 2.05) is 27.7 Å². The van der Waals surface area contributed by atoms with Gasteiger partial charge < -0.3 is 10.2 Å². The first-order valence-electron chi connectivity index (χ1n) is 7.09. The average molecular weight is 311 g/mol. The van der Waals surface area contributed by atoms with Gasteiger partial charge in [0.25, 0.3) is 5.91 Å². The van der Waals surface area contributed by atoms with Crippen molar-refractivity contribution in [3.8, 4) is 0 Å². The maximum Gasteiger partial charge on any atom is 0.253 e. The van der Waals surface area contributed by atoms with E-state index in [4.69, 9.17) is 11.6 Å². The van der Waals surface area contributed by atoms with E-state index in [0.717, 1.165) is 0 Å². The molecule has 1 aromatic carbocycles. The minimum atomic E-state index is -0.103. The number of halogens is 1. The molecule has 1 rings (SSSR count). The maximum atomic E-state index is 12.3. The Balaban J connectivity index is 2.95. The summed E-state index contributed by atoms with van der Waals surface area (Å²) >= 11 is 6.08. The molecule has 2 amide bonds. The van der Waals surface area contributed by atoms with Gasteiger partial charge in [0.15, 0.2) is 0 Å². The molecule has 0 radical (unpaired) electrons. The van der Waals surface area contributed by atoms with Crippen molar-refractivity contribution < 1.29 is 9.59 Å². The molecule has 0 bridgehead atoms. The minimum Gasteiger partial charge on any atom is -0.339 e. The number of hydrogen-bond acceptors (Lipinski definition) is 2. The zero-order valence-electron chi connectivity index (χ0n) is 13.2. The average Bonchev–Trinajstić information content (AvgIpc) is 2.38. The summed E-state index contributed by atoms with van der Waals surface area (Å²) in [6.07, 6.45) is 0.417. The number of amides is 2. The molecule has 0 aliphatic carbocycles. The highest BCUT2D eigenvalue weighted by molar-refractivity contribution is 6.33. The van der Waals surface area contributed by atoms with Crippen LogP contribution in [0.25, 0.3) is 0 Å². The highest BCUT2D eigenvalue weighted by Crippen LogP contribution is 2.24. The van der Waals surface area contributed by atoms with Gasteiger partial charge in [-0.2, -0.15) is 0 Å². The van der Waals surface area contributed by atoms with Gasteiger partial charge in [-0.15, -0.1) is 0 Å². The van der Waals surface area contributed by atoms with E-state index < -0.39 is 0 Å². The van der Waals surface area contributed by atoms with Gasteiger partial charge in [-0.25, -0.2) is 0 Å². The van der Waals surface area contributed by atoms with Crippen molar-refractivity contribution in [2.45, 2.75) is 40.2 Å². The van der Waals surface area contributed by atoms with E-state index >= 15 is 0 Å². The molecular weight excluding hydrogens is 288 g/mol. The van der Waals surface area contributed by atoms with E-state index in [9.17, 15) is 9.59 Å². The zero-order valence-corrected chi connectivity index (χ0v) is 14.0. The minimum absolute atomic E-state index is 0.0963. The molecule has 0 saturated heterocycles. The normalized spacial score (nSPS) is 10.9. The van der Waals surface area contributed by atoms with Crippen LogP contribution in [0.3, 0.4) is 0 Å². The number of hydrogen-bond donors (Lipinski definition) is 1. The molecule has 0 atom stereocenters. The highest BCUT2D eigenvalue weighted by atomic mass is 35.5. The molecule has 0 spiro atoms. The molecule has 1 aromatic rings. The standard InChI is InChI=1S/C16H23ClN2O2/c1-10(2)8-15(20)18-14-9-12(6-7-13(14)17)16(21)19(5)11(3)4/h6-7,9-11H,8H2,1-5H3,(H,18,20). The first-order chi connectivity index (χ1) is 9.72. The topological polar surface area (TPSA) is 49.4 Å². The molecule has 0 aliphatic rings. The zero-order chi connectivity index (χ0) is 16.2. The fourth-order valence-corrected chi connectivity index (χ4v) is 1.93. The van der Waals surface area contributed by atoms with Crippen molar-refractivity contribution >= 4 is 29.1 Å². The maximum absolute atomic E-state index is 12.3. The van der Waals surface area contributed by atoms with Gasteiger partial charge in [-0.1, -0.05) is 25.4 Å². The second-order valence-electron chi connectivity index (χ2n) is 5.85. The van der Waals surface area contributed by atoms with Crippen LogP contribution in [0, 0.1) is 5.92 Å². The number of anilines is 1. The number of nitrogens with one attached hydrogen (secondary N) is 1. The molecule has 0 aliphatic heterocycles. The van der Waals surface area contributed by atoms with Crippen molar-refractivity contribution in [2.75, 3.05) is 12.4 Å². The Morgan fingerprint density at radius 2 is 1.86 bits per heavy atom. The summed E-state index contributed by atoms with van der Waals surface area (Å²) in [5.41, 5.74) is 0.987. The third kappa shape index (κ3) is 5.05. The van der Waals surface area contributed by atoms with E-state index in [-0.39, 0.29) is 23.8 Å². The summed E-state index contributed by atoms with van der Waals surface area (Å²) in [6.45, 7) is 7.83. The molecule has 1 N–H and O–H groups in total. The Bertz CT molecular complexity index is 527. The molecular formula is C16H23ClN2O2. The summed E-state index contributed by atoms with van der Waals surface area (Å²) in [6, 6.07) is 5.03. The van der Waals surface area contributed by atoms with E-state index in [2.05, 4.69) is 5.32 Å². The molecule has 0 unspecified atom stereocenters. The van der Waals surface area contributed by atoms with Gasteiger partial charge in [-0.3, -0.25) is 9.59 Å². The van der Waals surface area contributed by atoms with Gasteiger partial charge in [0.2, 0.25) is 5.91 Å². The Morgan fingerprint density at radius 3 is 2.38 bits per heavy atom. The van der Waals surface area contributed by atoms with Crippen molar-refractivity contribution in [3.05, 3.63) is 28.8 Å². The Labute approximate surface area is 131 Å². The van der Waals surface area contributed by atoms with Crippen LogP contribution in [-0.4, -0.2) is 29.8 Å². The van der Waals surface area contributed by atoms with Crippen LogP contribution >= 0.6 is 11.6 Å². The van der Waals surface area contributed by atoms with Gasteiger partial charge >= 0.3 is 0 Å². The molecule has 21 heavy (non-hydrogen) atoms. The smallest absolute Gasteiger partial charge is 0.253 e. The Hall–Kier alpha value is -1.55. The summed E-state index contributed by atoms with van der Waals surface area (Å²) in [5, 5.41) is 3.19. The van der Waals surface area contributed by atoms with Crippen LogP contribution in [0.1, 0.15) is 44.5 Å². The summed E-state index contributed by atoms with van der Waals surface area (Å²) in [7, 11) is 1.75. The monoisotopic (exact) mass is 310 g/mol. The third-order valence-electron chi connectivity index (χ3n) is 3.18. The molecule has 0 aromatic heterocycles. The summed E-state index contributed by atoms with van der Waals surface area (Å²) < 4.78 is 0. The van der Waals surface area contributed by atoms with Crippen molar-refractivity contribution in [3.63, 3.8) is 0 Å². The lowest BCUT2D eigenvalue weighted by Crippen LogP contribution is -2.33. The Morgan fingerprint density at radius 1 is 1.24 bits per heavy atom. The van der Waals surface area contributed by atoms with Crippen molar-refractivity contribution in [1.29, 1.82) is 0 Å². The summed E-state index contributed by atoms with van der Waals surface area (Å²) in [4.78, 5) is 25.8. The number of benzene rings is 1. The lowest BCUT2D eigenvalue weighted by molar-refractivity contribution is -0.116. The number of carbonyl (C=O) groups is 2. The molecule has 0 fully saturated rings. The number of rotatable bonds is 5. The molecule has 5 heteroatoms. The molecule has 0 heterocycles. The van der Waals surface area contributed by atoms with Crippen LogP contribution in [0.2, 0.25) is 5.02 Å². The fourth-order valence-electron chi connectivity index (χ4n) is 1.76. The number of nitrogens with zero attached hydrogens (tertiary/aromatic N) is 1. The predicted octanol–water partition coefficient (Wildman–Crippen LogP) is 3.81. The predicted molar refractivity (Wildman–Crippen MR) is 86.8 cm³/mol. The van der Waals surface area contributed by atoms with Crippen LogP contribution in [0.5, 0.6) is 0 Å². The molecule has 4 nitrogen and oxygen atoms in total. The fraction of sp³-hybridized carbons (Fsp3) is 0.500. The highest BCUT2D eigenvalue weighted by Gasteiger charge is 2.16. The number of carbonyl (C=O) groups excluding carboxylic acids is 2. The van der Waals surface area contributed by atoms with Crippen LogP contribution < -0.4 is 5.32 Å². The second-order valence-corrected chi connectivity index (χ2v) is 6.26. The SMILES string of the molecule is CC(C)CC(=O)Nc1cc(C(=O)N(C)C(C)C)ccc1Cl. The van der Waals surface area contributed by atoms with Crippen LogP contribution in [-0.2, 0) is 4.79 Å². The van der Waals surface area contributed by atoms with Crippen molar-refractivity contribution in [1.82, 2.24) is 4.90 Å². The van der Waals surface area contributed by atoms with E-state index in [1.54, 1.807) is 30.1 Å². The lowest BCUT2D eigenvalue weighted by atomic mass is 10.1. The second kappa shape index (κ2) is 7.46. The third-order valence-corrected chi connectivity index (χ3v) is 3.51. The van der Waals surface area contributed by atoms with Crippen LogP contribution in [0.15, 0.2) is 18.2 Å². The van der Waals surface area contributed by atoms with Gasteiger partial charge in [0.1, 0.15) is 0 Å². The quantitative estimate of drug-likeness (QED) is 0.899. The van der Waals surface area contributed by atoms with Crippen molar-refractivity contribution in [2.24, 2.45) is 5.92 Å². The largest absolute Gasteiger partial charge is 0.339 e. The Kier molecular flexibility index (Phi) is 6.21.